The molecular formula is C23H37N5O4Si. The lowest BCUT2D eigenvalue weighted by atomic mass is 9.85. The molecule has 1 aromatic heterocycles. The van der Waals surface area contributed by atoms with E-state index in [9.17, 15) is 14.4 Å². The summed E-state index contributed by atoms with van der Waals surface area (Å²) in [6.07, 6.45) is 4.39. The summed E-state index contributed by atoms with van der Waals surface area (Å²) >= 11 is 0. The van der Waals surface area contributed by atoms with Crippen molar-refractivity contribution in [1.82, 2.24) is 25.1 Å². The first-order valence-electron chi connectivity index (χ1n) is 11.6. The number of hydrogen-bond donors (Lipinski definition) is 1. The Labute approximate surface area is 197 Å². The van der Waals surface area contributed by atoms with E-state index in [4.69, 9.17) is 4.43 Å². The van der Waals surface area contributed by atoms with Crippen molar-refractivity contribution in [2.24, 2.45) is 0 Å². The van der Waals surface area contributed by atoms with Gasteiger partial charge < -0.3 is 19.5 Å². The average Bonchev–Trinajstić information content (AvgIpc) is 3.18. The third-order valence-electron chi connectivity index (χ3n) is 7.28. The molecule has 0 bridgehead atoms. The molecule has 2 aliphatic rings. The van der Waals surface area contributed by atoms with Gasteiger partial charge in [0.15, 0.2) is 14.1 Å². The predicted octanol–water partition coefficient (Wildman–Crippen LogP) is 2.27. The Hall–Kier alpha value is -2.33. The molecule has 2 saturated heterocycles. The van der Waals surface area contributed by atoms with Crippen LogP contribution in [0.5, 0.6) is 0 Å². The third-order valence-corrected chi connectivity index (χ3v) is 11.9. The lowest BCUT2D eigenvalue weighted by molar-refractivity contribution is -0.168. The van der Waals surface area contributed by atoms with Gasteiger partial charge in [-0.3, -0.25) is 14.4 Å². The first-order chi connectivity index (χ1) is 15.3. The molecule has 2 unspecified atom stereocenters. The number of rotatable bonds is 7. The third kappa shape index (κ3) is 4.96. The molecule has 0 radical (unpaired) electrons. The summed E-state index contributed by atoms with van der Waals surface area (Å²) in [7, 11) is -2.10. The first kappa shape index (κ1) is 25.3. The van der Waals surface area contributed by atoms with Crippen molar-refractivity contribution in [1.29, 1.82) is 0 Å². The van der Waals surface area contributed by atoms with Gasteiger partial charge in [-0.15, -0.1) is 0 Å². The fraction of sp³-hybridized carbons (Fsp3) is 0.696. The minimum Gasteiger partial charge on any atom is -0.412 e. The molecule has 1 aromatic rings. The van der Waals surface area contributed by atoms with E-state index in [0.717, 1.165) is 6.42 Å². The van der Waals surface area contributed by atoms with E-state index in [1.165, 1.54) is 11.8 Å². The van der Waals surface area contributed by atoms with Gasteiger partial charge in [0.2, 0.25) is 11.8 Å². The minimum absolute atomic E-state index is 0.00953. The SMILES string of the molecule is CC(=O)N1CCC[C@@]12CN(CC(=O)NC(c1ncccn1)C(C)O[Si](C)(C)C(C)(C)C)C2=O. The number of β-lactam (4-membered cyclic amide) rings is 1. The van der Waals surface area contributed by atoms with E-state index < -0.39 is 19.9 Å². The molecule has 0 aromatic carbocycles. The Morgan fingerprint density at radius 3 is 2.45 bits per heavy atom. The van der Waals surface area contributed by atoms with Crippen molar-refractivity contribution in [2.45, 2.75) is 83.3 Å². The molecule has 3 amide bonds. The monoisotopic (exact) mass is 475 g/mol. The van der Waals surface area contributed by atoms with Gasteiger partial charge in [0.25, 0.3) is 5.91 Å². The van der Waals surface area contributed by atoms with Gasteiger partial charge in [0, 0.05) is 25.9 Å². The highest BCUT2D eigenvalue weighted by molar-refractivity contribution is 6.74. The van der Waals surface area contributed by atoms with Crippen LogP contribution < -0.4 is 5.32 Å². The molecule has 0 saturated carbocycles. The van der Waals surface area contributed by atoms with Gasteiger partial charge in [-0.05, 0) is 44.0 Å². The Balaban J connectivity index is 1.69. The normalized spacial score (nSPS) is 22.8. The topological polar surface area (TPSA) is 105 Å². The molecule has 3 atom stereocenters. The number of likely N-dealkylation sites (tertiary alicyclic amines) is 2. The Bertz CT molecular complexity index is 904. The number of amides is 3. The maximum atomic E-state index is 13.0. The molecule has 2 fully saturated rings. The maximum Gasteiger partial charge on any atom is 0.250 e. The van der Waals surface area contributed by atoms with Crippen molar-refractivity contribution < 1.29 is 18.8 Å². The van der Waals surface area contributed by atoms with Crippen LogP contribution in [0.1, 0.15) is 59.3 Å². The van der Waals surface area contributed by atoms with Gasteiger partial charge in [-0.25, -0.2) is 9.97 Å². The number of carbonyl (C=O) groups excluding carboxylic acids is 3. The van der Waals surface area contributed by atoms with Crippen LogP contribution >= 0.6 is 0 Å². The molecule has 0 aliphatic carbocycles. The molecule has 10 heteroatoms. The molecule has 9 nitrogen and oxygen atoms in total. The summed E-state index contributed by atoms with van der Waals surface area (Å²) in [5.41, 5.74) is -0.757. The molecule has 3 rings (SSSR count). The van der Waals surface area contributed by atoms with Gasteiger partial charge >= 0.3 is 0 Å². The molecule has 1 spiro atoms. The molecular weight excluding hydrogens is 438 g/mol. The van der Waals surface area contributed by atoms with E-state index >= 15 is 0 Å². The Morgan fingerprint density at radius 1 is 1.27 bits per heavy atom. The maximum absolute atomic E-state index is 13.0. The number of carbonyl (C=O) groups is 3. The summed E-state index contributed by atoms with van der Waals surface area (Å²) in [5, 5.41) is 3.01. The molecule has 2 aliphatic heterocycles. The van der Waals surface area contributed by atoms with E-state index in [1.807, 2.05) is 6.92 Å². The average molecular weight is 476 g/mol. The van der Waals surface area contributed by atoms with Gasteiger partial charge in [0.1, 0.15) is 11.6 Å². The number of aromatic nitrogens is 2. The van der Waals surface area contributed by atoms with Crippen LogP contribution in [0, 0.1) is 0 Å². The van der Waals surface area contributed by atoms with Crippen LogP contribution in [-0.2, 0) is 18.8 Å². The highest BCUT2D eigenvalue weighted by atomic mass is 28.4. The van der Waals surface area contributed by atoms with E-state index in [2.05, 4.69) is 49.1 Å². The van der Waals surface area contributed by atoms with E-state index in [1.54, 1.807) is 23.4 Å². The highest BCUT2D eigenvalue weighted by Crippen LogP contribution is 2.40. The van der Waals surface area contributed by atoms with Crippen molar-refractivity contribution >= 4 is 26.0 Å². The predicted molar refractivity (Wildman–Crippen MR) is 127 cm³/mol. The van der Waals surface area contributed by atoms with Crippen molar-refractivity contribution in [3.63, 3.8) is 0 Å². The Morgan fingerprint density at radius 2 is 1.91 bits per heavy atom. The zero-order valence-electron chi connectivity index (χ0n) is 20.8. The smallest absolute Gasteiger partial charge is 0.250 e. The van der Waals surface area contributed by atoms with Gasteiger partial charge in [-0.2, -0.15) is 0 Å². The van der Waals surface area contributed by atoms with Crippen molar-refractivity contribution in [3.8, 4) is 0 Å². The summed E-state index contributed by atoms with van der Waals surface area (Å²) < 4.78 is 6.52. The summed E-state index contributed by atoms with van der Waals surface area (Å²) in [4.78, 5) is 49.7. The van der Waals surface area contributed by atoms with E-state index in [-0.39, 0.29) is 35.4 Å². The van der Waals surface area contributed by atoms with Gasteiger partial charge in [0.05, 0.1) is 19.2 Å². The number of hydrogen-bond acceptors (Lipinski definition) is 6. The summed E-state index contributed by atoms with van der Waals surface area (Å²) in [6, 6.07) is 1.18. The van der Waals surface area contributed by atoms with Crippen molar-refractivity contribution in [3.05, 3.63) is 24.3 Å². The molecule has 182 valence electrons. The fourth-order valence-electron chi connectivity index (χ4n) is 4.48. The lowest BCUT2D eigenvalue weighted by Crippen LogP contribution is -2.73. The standard InChI is InChI=1S/C23H37N5O4Si/c1-16(32-33(6,7)22(3,4)5)19(20-24-11-9-12-25-20)26-18(30)14-27-15-23(21(27)31)10-8-13-28(23)17(2)29/h9,11-12,16,19H,8,10,13-15H2,1-7H3,(H,26,30)/t16?,19?,23-/m0/s1. The molecule has 33 heavy (non-hydrogen) atoms. The van der Waals surface area contributed by atoms with Crippen LogP contribution in [0.15, 0.2) is 18.5 Å². The number of nitrogens with one attached hydrogen (secondary N) is 1. The minimum atomic E-state index is -2.10. The second kappa shape index (κ2) is 9.13. The molecule has 1 N–H and O–H groups in total. The van der Waals surface area contributed by atoms with Crippen molar-refractivity contribution in [2.75, 3.05) is 19.6 Å². The van der Waals surface area contributed by atoms with Gasteiger partial charge in [-0.1, -0.05) is 20.8 Å². The second-order valence-electron chi connectivity index (χ2n) is 10.7. The Kier molecular flexibility index (Phi) is 7.00. The summed E-state index contributed by atoms with van der Waals surface area (Å²) in [5.74, 6) is -0.0676. The zero-order valence-corrected chi connectivity index (χ0v) is 21.8. The van der Waals surface area contributed by atoms with Crippen LogP contribution in [-0.4, -0.2) is 77.1 Å². The van der Waals surface area contributed by atoms with Crippen LogP contribution in [0.2, 0.25) is 18.1 Å². The largest absolute Gasteiger partial charge is 0.412 e. The first-order valence-corrected chi connectivity index (χ1v) is 14.5. The lowest BCUT2D eigenvalue weighted by Gasteiger charge is -2.50. The highest BCUT2D eigenvalue weighted by Gasteiger charge is 2.59. The second-order valence-corrected chi connectivity index (χ2v) is 15.5. The number of nitrogens with zero attached hydrogens (tertiary/aromatic N) is 4. The fourth-order valence-corrected chi connectivity index (χ4v) is 5.89. The van der Waals surface area contributed by atoms with Crippen LogP contribution in [0.4, 0.5) is 0 Å². The van der Waals surface area contributed by atoms with Crippen LogP contribution in [0.3, 0.4) is 0 Å². The molecule has 3 heterocycles. The van der Waals surface area contributed by atoms with E-state index in [0.29, 0.717) is 25.3 Å². The quantitative estimate of drug-likeness (QED) is 0.479. The summed E-state index contributed by atoms with van der Waals surface area (Å²) in [6.45, 7) is 15.1. The van der Waals surface area contributed by atoms with Crippen LogP contribution in [0.25, 0.3) is 0 Å². The zero-order chi connectivity index (χ0) is 24.6.